The summed E-state index contributed by atoms with van der Waals surface area (Å²) in [6.45, 7) is 1.52. The lowest BCUT2D eigenvalue weighted by atomic mass is 10.1. The zero-order valence-corrected chi connectivity index (χ0v) is 21.8. The minimum Gasteiger partial charge on any atom is -0.265 e. The number of benzene rings is 2. The van der Waals surface area contributed by atoms with E-state index in [9.17, 15) is 0 Å². The molecule has 6 nitrogen and oxygen atoms in total. The van der Waals surface area contributed by atoms with Gasteiger partial charge < -0.3 is 0 Å². The maximum atomic E-state index is 5.00. The van der Waals surface area contributed by atoms with Gasteiger partial charge in [-0.2, -0.15) is 0 Å². The molecular weight excluding hydrogens is 492 g/mol. The topological polar surface area (TPSA) is 59.3 Å². The third-order valence-corrected chi connectivity index (χ3v) is 7.10. The fourth-order valence-corrected chi connectivity index (χ4v) is 4.98. The minimum atomic E-state index is 0.762. The predicted molar refractivity (Wildman–Crippen MR) is 155 cm³/mol. The number of pyridine rings is 4. The zero-order valence-electron chi connectivity index (χ0n) is 21.8. The number of rotatable bonds is 6. The van der Waals surface area contributed by atoms with Gasteiger partial charge in [-0.25, -0.2) is 19.1 Å². The van der Waals surface area contributed by atoms with Crippen LogP contribution < -0.4 is 9.13 Å². The Morgan fingerprint density at radius 2 is 0.775 bits per heavy atom. The highest BCUT2D eigenvalue weighted by Crippen LogP contribution is 2.20. The predicted octanol–water partition coefficient (Wildman–Crippen LogP) is 5.58. The van der Waals surface area contributed by atoms with Gasteiger partial charge in [0.2, 0.25) is 0 Å². The van der Waals surface area contributed by atoms with Gasteiger partial charge in [0.25, 0.3) is 0 Å². The van der Waals surface area contributed by atoms with Crippen molar-refractivity contribution in [2.75, 3.05) is 0 Å². The first-order valence-corrected chi connectivity index (χ1v) is 13.3. The number of fused-ring (bicyclic) bond motifs is 2. The van der Waals surface area contributed by atoms with Crippen LogP contribution in [-0.2, 0) is 13.1 Å². The molecule has 0 saturated heterocycles. The molecule has 0 bridgehead atoms. The molecule has 5 heterocycles. The lowest BCUT2D eigenvalue weighted by molar-refractivity contribution is -0.688. The van der Waals surface area contributed by atoms with Gasteiger partial charge in [-0.15, -0.1) is 0 Å². The molecule has 190 valence electrons. The van der Waals surface area contributed by atoms with E-state index in [2.05, 4.69) is 105 Å². The number of aromatic nitrogens is 6. The van der Waals surface area contributed by atoms with E-state index >= 15 is 0 Å². The molecule has 40 heavy (non-hydrogen) atoms. The molecule has 0 unspecified atom stereocenters. The van der Waals surface area contributed by atoms with E-state index in [-0.39, 0.29) is 0 Å². The van der Waals surface area contributed by atoms with Crippen LogP contribution in [-0.4, -0.2) is 19.9 Å². The third-order valence-electron chi connectivity index (χ3n) is 7.10. The van der Waals surface area contributed by atoms with Crippen molar-refractivity contribution in [1.82, 2.24) is 19.9 Å². The van der Waals surface area contributed by atoms with Gasteiger partial charge in [-0.05, 0) is 70.8 Å². The highest BCUT2D eigenvalue weighted by Gasteiger charge is 2.10. The summed E-state index contributed by atoms with van der Waals surface area (Å²) < 4.78 is 4.35. The Balaban J connectivity index is 1.11. The van der Waals surface area contributed by atoms with E-state index in [4.69, 9.17) is 9.97 Å². The second-order valence-corrected chi connectivity index (χ2v) is 9.86. The summed E-state index contributed by atoms with van der Waals surface area (Å²) in [6, 6.07) is 29.3. The second kappa shape index (κ2) is 10.4. The molecule has 0 saturated carbocycles. The molecule has 0 atom stereocenters. The molecule has 0 amide bonds. The Hall–Kier alpha value is -5.36. The van der Waals surface area contributed by atoms with Gasteiger partial charge in [-0.1, -0.05) is 12.1 Å². The van der Waals surface area contributed by atoms with Crippen molar-refractivity contribution in [1.29, 1.82) is 0 Å². The molecule has 0 spiro atoms. The van der Waals surface area contributed by atoms with Crippen LogP contribution in [0.4, 0.5) is 0 Å². The highest BCUT2D eigenvalue weighted by molar-refractivity contribution is 5.86. The summed E-state index contributed by atoms with van der Waals surface area (Å²) in [5.41, 5.74) is 10.7. The van der Waals surface area contributed by atoms with Crippen molar-refractivity contribution in [3.63, 3.8) is 0 Å². The summed E-state index contributed by atoms with van der Waals surface area (Å²) >= 11 is 0. The Morgan fingerprint density at radius 1 is 0.400 bits per heavy atom. The van der Waals surface area contributed by atoms with Crippen LogP contribution in [0.25, 0.3) is 44.3 Å². The van der Waals surface area contributed by atoms with Gasteiger partial charge >= 0.3 is 0 Å². The van der Waals surface area contributed by atoms with Gasteiger partial charge in [0.1, 0.15) is 0 Å². The zero-order chi connectivity index (χ0) is 26.7. The molecule has 0 aliphatic rings. The second-order valence-electron chi connectivity index (χ2n) is 9.86. The number of hydrogen-bond donors (Lipinski definition) is 0. The molecule has 0 N–H and O–H groups in total. The molecule has 0 aliphatic heterocycles. The molecule has 0 fully saturated rings. The Bertz CT molecular complexity index is 1780. The summed E-state index contributed by atoms with van der Waals surface area (Å²) in [4.78, 5) is 18.1. The first-order valence-electron chi connectivity index (χ1n) is 13.3. The van der Waals surface area contributed by atoms with E-state index in [1.807, 2.05) is 49.1 Å². The highest BCUT2D eigenvalue weighted by atomic mass is 14.9. The van der Waals surface area contributed by atoms with E-state index in [0.29, 0.717) is 0 Å². The number of nitrogens with zero attached hydrogens (tertiary/aromatic N) is 6. The summed E-state index contributed by atoms with van der Waals surface area (Å²) in [5.74, 6) is 0. The average Bonchev–Trinajstić information content (AvgIpc) is 3.02. The summed E-state index contributed by atoms with van der Waals surface area (Å²) in [5, 5.41) is 0. The van der Waals surface area contributed by atoms with Crippen molar-refractivity contribution >= 4 is 22.1 Å². The SMILES string of the molecule is c1cc(-c2cc[n+](Cc3ccc4nc5ccc(C[n+]6ccc(-c7ccncc7)cc6)cc5nc4c3)cc2)ccn1. The van der Waals surface area contributed by atoms with Crippen LogP contribution >= 0.6 is 0 Å². The summed E-state index contributed by atoms with van der Waals surface area (Å²) in [7, 11) is 0. The van der Waals surface area contributed by atoms with Gasteiger partial charge in [0.05, 0.1) is 22.1 Å². The Morgan fingerprint density at radius 3 is 1.20 bits per heavy atom. The molecule has 2 aromatic carbocycles. The van der Waals surface area contributed by atoms with E-state index in [0.717, 1.165) is 46.3 Å². The monoisotopic (exact) mass is 518 g/mol. The van der Waals surface area contributed by atoms with Crippen LogP contribution in [0, 0.1) is 0 Å². The van der Waals surface area contributed by atoms with Gasteiger partial charge in [0.15, 0.2) is 37.9 Å². The third kappa shape index (κ3) is 5.02. The normalized spacial score (nSPS) is 11.2. The van der Waals surface area contributed by atoms with Crippen LogP contribution in [0.15, 0.2) is 135 Å². The molecule has 5 aromatic heterocycles. The van der Waals surface area contributed by atoms with Crippen molar-refractivity contribution in [2.45, 2.75) is 13.1 Å². The van der Waals surface area contributed by atoms with Gasteiger partial charge in [0, 0.05) is 60.2 Å². The average molecular weight is 519 g/mol. The van der Waals surface area contributed by atoms with Crippen LogP contribution in [0.2, 0.25) is 0 Å². The first-order chi connectivity index (χ1) is 19.8. The Labute approximate surface area is 231 Å². The molecule has 0 radical (unpaired) electrons. The molecule has 7 aromatic rings. The molecule has 6 heteroatoms. The maximum absolute atomic E-state index is 5.00. The Kier molecular flexibility index (Phi) is 6.18. The van der Waals surface area contributed by atoms with Crippen molar-refractivity contribution in [3.05, 3.63) is 146 Å². The first kappa shape index (κ1) is 23.7. The standard InChI is InChI=1S/C34H26N6/c1-3-31-33(21-25(1)23-39-17-9-29(10-18-39)27-5-13-35-14-6-27)38-34-22-26(2-4-32(34)37-31)24-40-19-11-30(12-20-40)28-7-15-36-16-8-28/h1-22H,23-24H2/q+2. The fraction of sp³-hybridized carbons (Fsp3) is 0.0588. The van der Waals surface area contributed by atoms with Crippen molar-refractivity contribution < 1.29 is 9.13 Å². The maximum Gasteiger partial charge on any atom is 0.173 e. The van der Waals surface area contributed by atoms with Crippen LogP contribution in [0.1, 0.15) is 11.1 Å². The quantitative estimate of drug-likeness (QED) is 0.213. The summed E-state index contributed by atoms with van der Waals surface area (Å²) in [6.07, 6.45) is 15.7. The molecular formula is C34H26N6+2. The largest absolute Gasteiger partial charge is 0.265 e. The molecule has 7 rings (SSSR count). The smallest absolute Gasteiger partial charge is 0.173 e. The van der Waals surface area contributed by atoms with Crippen LogP contribution in [0.3, 0.4) is 0 Å². The van der Waals surface area contributed by atoms with Crippen molar-refractivity contribution in [2.24, 2.45) is 0 Å². The fourth-order valence-electron chi connectivity index (χ4n) is 4.98. The van der Waals surface area contributed by atoms with E-state index < -0.39 is 0 Å². The van der Waals surface area contributed by atoms with Crippen LogP contribution in [0.5, 0.6) is 0 Å². The lowest BCUT2D eigenvalue weighted by Gasteiger charge is -2.05. The van der Waals surface area contributed by atoms with Crippen molar-refractivity contribution in [3.8, 4) is 22.3 Å². The number of hydrogen-bond acceptors (Lipinski definition) is 4. The van der Waals surface area contributed by atoms with E-state index in [1.54, 1.807) is 0 Å². The van der Waals surface area contributed by atoms with Gasteiger partial charge in [-0.3, -0.25) is 9.97 Å². The molecule has 0 aliphatic carbocycles. The minimum absolute atomic E-state index is 0.762. The van der Waals surface area contributed by atoms with E-state index in [1.165, 1.54) is 22.3 Å². The lowest BCUT2D eigenvalue weighted by Crippen LogP contribution is -2.33.